The molecule has 0 saturated heterocycles. The van der Waals surface area contributed by atoms with Crippen molar-refractivity contribution in [1.29, 1.82) is 5.26 Å². The summed E-state index contributed by atoms with van der Waals surface area (Å²) >= 11 is 0. The molecule has 4 heteroatoms. The summed E-state index contributed by atoms with van der Waals surface area (Å²) < 4.78 is 27.6. The highest BCUT2D eigenvalue weighted by Crippen LogP contribution is 2.28. The van der Waals surface area contributed by atoms with Gasteiger partial charge in [0.2, 0.25) is 0 Å². The standard InChI is InChI=1S/C15H11F2NO/c1-9-2-7-12(16)13(14(9)17)15(19)11-5-3-10(8-18)4-6-11/h2-7,15,19H,1H3. The van der Waals surface area contributed by atoms with E-state index < -0.39 is 17.7 Å². The molecule has 0 bridgehead atoms. The van der Waals surface area contributed by atoms with Gasteiger partial charge < -0.3 is 5.11 Å². The van der Waals surface area contributed by atoms with Crippen LogP contribution in [0.4, 0.5) is 8.78 Å². The number of aliphatic hydroxyl groups is 1. The lowest BCUT2D eigenvalue weighted by Gasteiger charge is -2.14. The van der Waals surface area contributed by atoms with Crippen LogP contribution in [0.2, 0.25) is 0 Å². The Morgan fingerprint density at radius 2 is 1.74 bits per heavy atom. The largest absolute Gasteiger partial charge is 0.383 e. The van der Waals surface area contributed by atoms with Crippen molar-refractivity contribution in [2.45, 2.75) is 13.0 Å². The van der Waals surface area contributed by atoms with Crippen LogP contribution in [0.5, 0.6) is 0 Å². The fraction of sp³-hybridized carbons (Fsp3) is 0.133. The van der Waals surface area contributed by atoms with Crippen molar-refractivity contribution >= 4 is 0 Å². The molecule has 0 radical (unpaired) electrons. The maximum absolute atomic E-state index is 13.9. The Balaban J connectivity index is 2.47. The first-order valence-corrected chi connectivity index (χ1v) is 5.67. The van der Waals surface area contributed by atoms with Gasteiger partial charge in [0.1, 0.15) is 17.7 Å². The number of hydrogen-bond acceptors (Lipinski definition) is 2. The van der Waals surface area contributed by atoms with Crippen molar-refractivity contribution < 1.29 is 13.9 Å². The number of nitrogens with zero attached hydrogens (tertiary/aromatic N) is 1. The molecule has 2 aromatic carbocycles. The van der Waals surface area contributed by atoms with E-state index in [9.17, 15) is 13.9 Å². The third kappa shape index (κ3) is 2.47. The van der Waals surface area contributed by atoms with Crippen LogP contribution in [0.25, 0.3) is 0 Å². The van der Waals surface area contributed by atoms with Gasteiger partial charge in [0, 0.05) is 0 Å². The molecule has 0 aliphatic carbocycles. The molecule has 0 fully saturated rings. The number of halogens is 2. The highest BCUT2D eigenvalue weighted by atomic mass is 19.1. The molecule has 2 rings (SSSR count). The minimum atomic E-state index is -1.40. The Labute approximate surface area is 109 Å². The van der Waals surface area contributed by atoms with Gasteiger partial charge in [-0.25, -0.2) is 8.78 Å². The maximum atomic E-state index is 13.9. The topological polar surface area (TPSA) is 44.0 Å². The van der Waals surface area contributed by atoms with Crippen molar-refractivity contribution in [3.63, 3.8) is 0 Å². The van der Waals surface area contributed by atoms with E-state index in [1.807, 2.05) is 6.07 Å². The number of benzene rings is 2. The summed E-state index contributed by atoms with van der Waals surface area (Å²) in [5, 5.41) is 18.8. The van der Waals surface area contributed by atoms with Gasteiger partial charge >= 0.3 is 0 Å². The van der Waals surface area contributed by atoms with Crippen molar-refractivity contribution in [1.82, 2.24) is 0 Å². The smallest absolute Gasteiger partial charge is 0.135 e. The third-order valence-electron chi connectivity index (χ3n) is 2.95. The SMILES string of the molecule is Cc1ccc(F)c(C(O)c2ccc(C#N)cc2)c1F. The predicted molar refractivity (Wildman–Crippen MR) is 66.3 cm³/mol. The summed E-state index contributed by atoms with van der Waals surface area (Å²) in [6.07, 6.45) is -1.40. The number of aryl methyl sites for hydroxylation is 1. The van der Waals surface area contributed by atoms with Crippen molar-refractivity contribution in [3.05, 3.63) is 70.3 Å². The molecule has 1 unspecified atom stereocenters. The van der Waals surface area contributed by atoms with Crippen LogP contribution in [0.3, 0.4) is 0 Å². The van der Waals surface area contributed by atoms with Crippen LogP contribution in [0.1, 0.15) is 28.4 Å². The molecule has 1 atom stereocenters. The monoisotopic (exact) mass is 259 g/mol. The summed E-state index contributed by atoms with van der Waals surface area (Å²) in [7, 11) is 0. The number of rotatable bonds is 2. The van der Waals surface area contributed by atoms with E-state index in [2.05, 4.69) is 0 Å². The maximum Gasteiger partial charge on any atom is 0.135 e. The first-order chi connectivity index (χ1) is 9.04. The summed E-state index contributed by atoms with van der Waals surface area (Å²) in [4.78, 5) is 0. The zero-order valence-corrected chi connectivity index (χ0v) is 10.2. The molecular formula is C15H11F2NO. The van der Waals surface area contributed by atoms with Gasteiger partial charge in [-0.3, -0.25) is 0 Å². The van der Waals surface area contributed by atoms with Gasteiger partial charge in [0.25, 0.3) is 0 Å². The van der Waals surface area contributed by atoms with E-state index >= 15 is 0 Å². The molecule has 2 aromatic rings. The molecule has 19 heavy (non-hydrogen) atoms. The second-order valence-electron chi connectivity index (χ2n) is 4.23. The first-order valence-electron chi connectivity index (χ1n) is 5.67. The lowest BCUT2D eigenvalue weighted by atomic mass is 9.98. The molecule has 0 aliphatic heterocycles. The Kier molecular flexibility index (Phi) is 3.59. The predicted octanol–water partition coefficient (Wildman–Crippen LogP) is 3.23. The van der Waals surface area contributed by atoms with Gasteiger partial charge in [-0.15, -0.1) is 0 Å². The van der Waals surface area contributed by atoms with Gasteiger partial charge in [0.15, 0.2) is 0 Å². The second-order valence-corrected chi connectivity index (χ2v) is 4.23. The average Bonchev–Trinajstić information content (AvgIpc) is 2.43. The highest BCUT2D eigenvalue weighted by molar-refractivity contribution is 5.38. The molecule has 0 aromatic heterocycles. The quantitative estimate of drug-likeness (QED) is 0.899. The number of nitriles is 1. The van der Waals surface area contributed by atoms with E-state index in [4.69, 9.17) is 5.26 Å². The van der Waals surface area contributed by atoms with E-state index in [1.54, 1.807) is 0 Å². The lowest BCUT2D eigenvalue weighted by molar-refractivity contribution is 0.209. The van der Waals surface area contributed by atoms with Gasteiger partial charge in [-0.1, -0.05) is 18.2 Å². The zero-order chi connectivity index (χ0) is 14.0. The van der Waals surface area contributed by atoms with Gasteiger partial charge in [-0.2, -0.15) is 5.26 Å². The third-order valence-corrected chi connectivity index (χ3v) is 2.95. The summed E-state index contributed by atoms with van der Waals surface area (Å²) in [5.41, 5.74) is 0.650. The average molecular weight is 259 g/mol. The lowest BCUT2D eigenvalue weighted by Crippen LogP contribution is -2.07. The van der Waals surface area contributed by atoms with Crippen LogP contribution < -0.4 is 0 Å². The summed E-state index contributed by atoms with van der Waals surface area (Å²) in [6.45, 7) is 1.50. The second kappa shape index (κ2) is 5.17. The first kappa shape index (κ1) is 13.2. The minimum absolute atomic E-state index is 0.268. The molecule has 0 saturated carbocycles. The van der Waals surface area contributed by atoms with E-state index in [0.29, 0.717) is 11.1 Å². The van der Waals surface area contributed by atoms with Crippen LogP contribution >= 0.6 is 0 Å². The molecule has 2 nitrogen and oxygen atoms in total. The van der Waals surface area contributed by atoms with E-state index in [1.165, 1.54) is 37.3 Å². The van der Waals surface area contributed by atoms with Crippen molar-refractivity contribution in [2.75, 3.05) is 0 Å². The van der Waals surface area contributed by atoms with Crippen LogP contribution in [-0.4, -0.2) is 5.11 Å². The van der Waals surface area contributed by atoms with Crippen molar-refractivity contribution in [3.8, 4) is 6.07 Å². The van der Waals surface area contributed by atoms with Crippen LogP contribution in [0.15, 0.2) is 36.4 Å². The van der Waals surface area contributed by atoms with Crippen LogP contribution in [0, 0.1) is 29.9 Å². The highest BCUT2D eigenvalue weighted by Gasteiger charge is 2.21. The fourth-order valence-corrected chi connectivity index (χ4v) is 1.84. The Morgan fingerprint density at radius 3 is 2.32 bits per heavy atom. The minimum Gasteiger partial charge on any atom is -0.383 e. The van der Waals surface area contributed by atoms with Crippen molar-refractivity contribution in [2.24, 2.45) is 0 Å². The molecule has 0 aliphatic rings. The van der Waals surface area contributed by atoms with Gasteiger partial charge in [0.05, 0.1) is 17.2 Å². The molecule has 0 amide bonds. The molecule has 1 N–H and O–H groups in total. The summed E-state index contributed by atoms with van der Waals surface area (Å²) in [6, 6.07) is 10.3. The fourth-order valence-electron chi connectivity index (χ4n) is 1.84. The Morgan fingerprint density at radius 1 is 1.11 bits per heavy atom. The number of aliphatic hydroxyl groups excluding tert-OH is 1. The Bertz CT molecular complexity index is 644. The Hall–Kier alpha value is -2.25. The van der Waals surface area contributed by atoms with Gasteiger partial charge in [-0.05, 0) is 36.2 Å². The van der Waals surface area contributed by atoms with E-state index in [-0.39, 0.29) is 11.1 Å². The molecule has 96 valence electrons. The van der Waals surface area contributed by atoms with Crippen LogP contribution in [-0.2, 0) is 0 Å². The summed E-state index contributed by atoms with van der Waals surface area (Å²) in [5.74, 6) is -1.54. The molecule has 0 spiro atoms. The zero-order valence-electron chi connectivity index (χ0n) is 10.2. The number of hydrogen-bond donors (Lipinski definition) is 1. The molecular weight excluding hydrogens is 248 g/mol. The normalized spacial score (nSPS) is 11.9. The van der Waals surface area contributed by atoms with E-state index in [0.717, 1.165) is 6.07 Å². The molecule has 0 heterocycles.